The highest BCUT2D eigenvalue weighted by atomic mass is 35.5. The van der Waals surface area contributed by atoms with Crippen molar-refractivity contribution in [2.75, 3.05) is 5.32 Å². The molecule has 0 bridgehead atoms. The second-order valence-corrected chi connectivity index (χ2v) is 4.72. The second kappa shape index (κ2) is 5.71. The average molecular weight is 301 g/mol. The van der Waals surface area contributed by atoms with E-state index in [1.165, 1.54) is 12.1 Å². The van der Waals surface area contributed by atoms with E-state index in [-0.39, 0.29) is 5.02 Å². The molecule has 0 spiro atoms. The molecule has 0 fully saturated rings. The van der Waals surface area contributed by atoms with Crippen molar-refractivity contribution in [1.82, 2.24) is 4.98 Å². The summed E-state index contributed by atoms with van der Waals surface area (Å²) in [5, 5.41) is 2.61. The molecule has 0 saturated carbocycles. The van der Waals surface area contributed by atoms with Crippen LogP contribution in [0.1, 0.15) is 16.8 Å². The number of aryl methyl sites for hydroxylation is 1. The third kappa shape index (κ3) is 3.42. The molecule has 0 unspecified atom stereocenters. The fourth-order valence-corrected chi connectivity index (χ4v) is 1.97. The highest BCUT2D eigenvalue weighted by Crippen LogP contribution is 2.36. The minimum Gasteiger partial charge on any atom is -0.379 e. The summed E-state index contributed by atoms with van der Waals surface area (Å²) in [4.78, 5) is 4.17. The lowest BCUT2D eigenvalue weighted by molar-refractivity contribution is -0.137. The highest BCUT2D eigenvalue weighted by Gasteiger charge is 2.33. The van der Waals surface area contributed by atoms with E-state index in [9.17, 15) is 13.2 Å². The van der Waals surface area contributed by atoms with Crippen LogP contribution in [0.4, 0.5) is 18.9 Å². The van der Waals surface area contributed by atoms with Crippen LogP contribution < -0.4 is 5.32 Å². The molecule has 20 heavy (non-hydrogen) atoms. The Bertz CT molecular complexity index is 612. The number of hydrogen-bond acceptors (Lipinski definition) is 2. The zero-order valence-electron chi connectivity index (χ0n) is 10.6. The van der Waals surface area contributed by atoms with Gasteiger partial charge in [0.1, 0.15) is 0 Å². The number of halogens is 4. The van der Waals surface area contributed by atoms with E-state index in [2.05, 4.69) is 10.3 Å². The highest BCUT2D eigenvalue weighted by molar-refractivity contribution is 6.31. The molecule has 1 N–H and O–H groups in total. The van der Waals surface area contributed by atoms with Crippen molar-refractivity contribution in [1.29, 1.82) is 0 Å². The van der Waals surface area contributed by atoms with Crippen LogP contribution in [0.15, 0.2) is 36.5 Å². The van der Waals surface area contributed by atoms with Gasteiger partial charge in [0.15, 0.2) is 0 Å². The molecule has 2 aromatic rings. The first kappa shape index (κ1) is 14.7. The van der Waals surface area contributed by atoms with Gasteiger partial charge in [-0.15, -0.1) is 0 Å². The molecule has 1 aromatic carbocycles. The molecule has 1 heterocycles. The Morgan fingerprint density at radius 3 is 2.65 bits per heavy atom. The Balaban J connectivity index is 2.17. The van der Waals surface area contributed by atoms with Crippen molar-refractivity contribution in [2.24, 2.45) is 0 Å². The van der Waals surface area contributed by atoms with E-state index in [0.29, 0.717) is 12.2 Å². The number of rotatable bonds is 3. The Morgan fingerprint density at radius 1 is 1.25 bits per heavy atom. The van der Waals surface area contributed by atoms with E-state index < -0.39 is 11.7 Å². The number of aromatic nitrogens is 1. The fraction of sp³-hybridized carbons (Fsp3) is 0.214. The van der Waals surface area contributed by atoms with Gasteiger partial charge < -0.3 is 5.32 Å². The molecular weight excluding hydrogens is 289 g/mol. The smallest absolute Gasteiger partial charge is 0.379 e. The topological polar surface area (TPSA) is 24.9 Å². The third-order valence-electron chi connectivity index (χ3n) is 2.85. The monoisotopic (exact) mass is 300 g/mol. The number of nitrogens with one attached hydrogen (secondary N) is 1. The van der Waals surface area contributed by atoms with Crippen LogP contribution >= 0.6 is 11.6 Å². The minimum atomic E-state index is -4.46. The summed E-state index contributed by atoms with van der Waals surface area (Å²) in [6, 6.07) is 7.45. The maximum atomic E-state index is 12.7. The largest absolute Gasteiger partial charge is 0.417 e. The van der Waals surface area contributed by atoms with E-state index in [0.717, 1.165) is 17.3 Å². The van der Waals surface area contributed by atoms with Gasteiger partial charge in [0.25, 0.3) is 0 Å². The van der Waals surface area contributed by atoms with E-state index in [1.54, 1.807) is 6.20 Å². The second-order valence-electron chi connectivity index (χ2n) is 4.31. The van der Waals surface area contributed by atoms with Gasteiger partial charge in [-0.2, -0.15) is 13.2 Å². The lowest BCUT2D eigenvalue weighted by Crippen LogP contribution is -2.08. The number of hydrogen-bond donors (Lipinski definition) is 1. The predicted molar refractivity (Wildman–Crippen MR) is 72.8 cm³/mol. The van der Waals surface area contributed by atoms with Crippen LogP contribution in [0.2, 0.25) is 5.02 Å². The van der Waals surface area contributed by atoms with Gasteiger partial charge in [0, 0.05) is 11.9 Å². The molecule has 0 radical (unpaired) electrons. The standard InChI is InChI=1S/C14H12ClF3N2/c1-9-3-2-6-19-13(9)8-20-10-4-5-12(15)11(7-10)14(16,17)18/h2-7,20H,8H2,1H3. The lowest BCUT2D eigenvalue weighted by atomic mass is 10.1. The molecule has 0 aliphatic rings. The molecule has 0 amide bonds. The van der Waals surface area contributed by atoms with Crippen molar-refractivity contribution in [2.45, 2.75) is 19.6 Å². The van der Waals surface area contributed by atoms with Crippen LogP contribution in [-0.4, -0.2) is 4.98 Å². The molecule has 0 aliphatic heterocycles. The Labute approximate surface area is 119 Å². The summed E-state index contributed by atoms with van der Waals surface area (Å²) < 4.78 is 38.2. The van der Waals surface area contributed by atoms with Gasteiger partial charge in [-0.25, -0.2) is 0 Å². The quantitative estimate of drug-likeness (QED) is 0.890. The summed E-state index contributed by atoms with van der Waals surface area (Å²) in [7, 11) is 0. The number of alkyl halides is 3. The van der Waals surface area contributed by atoms with Gasteiger partial charge >= 0.3 is 6.18 Å². The third-order valence-corrected chi connectivity index (χ3v) is 3.18. The summed E-state index contributed by atoms with van der Waals surface area (Å²) in [5.74, 6) is 0. The van der Waals surface area contributed by atoms with Crippen LogP contribution in [-0.2, 0) is 12.7 Å². The molecule has 0 atom stereocenters. The van der Waals surface area contributed by atoms with Gasteiger partial charge in [-0.05, 0) is 36.8 Å². The zero-order chi connectivity index (χ0) is 14.8. The van der Waals surface area contributed by atoms with Crippen molar-refractivity contribution in [3.63, 3.8) is 0 Å². The maximum Gasteiger partial charge on any atom is 0.417 e. The van der Waals surface area contributed by atoms with Crippen LogP contribution in [0, 0.1) is 6.92 Å². The lowest BCUT2D eigenvalue weighted by Gasteiger charge is -2.12. The van der Waals surface area contributed by atoms with Gasteiger partial charge in [-0.3, -0.25) is 4.98 Å². The summed E-state index contributed by atoms with van der Waals surface area (Å²) in [6.45, 7) is 2.25. The minimum absolute atomic E-state index is 0.308. The van der Waals surface area contributed by atoms with E-state index >= 15 is 0 Å². The number of pyridine rings is 1. The molecule has 106 valence electrons. The first-order chi connectivity index (χ1) is 9.38. The van der Waals surface area contributed by atoms with Crippen LogP contribution in [0.3, 0.4) is 0 Å². The van der Waals surface area contributed by atoms with Crippen LogP contribution in [0.5, 0.6) is 0 Å². The molecule has 1 aromatic heterocycles. The first-order valence-electron chi connectivity index (χ1n) is 5.89. The molecule has 2 nitrogen and oxygen atoms in total. The molecule has 6 heteroatoms. The van der Waals surface area contributed by atoms with Crippen molar-refractivity contribution >= 4 is 17.3 Å². The van der Waals surface area contributed by atoms with Crippen LogP contribution in [0.25, 0.3) is 0 Å². The summed E-state index contributed by atoms with van der Waals surface area (Å²) in [6.07, 6.45) is -2.82. The molecule has 0 aliphatic carbocycles. The van der Waals surface area contributed by atoms with Crippen molar-refractivity contribution in [3.05, 3.63) is 58.4 Å². The fourth-order valence-electron chi connectivity index (χ4n) is 1.74. The average Bonchev–Trinajstić information content (AvgIpc) is 2.38. The predicted octanol–water partition coefficient (Wildman–Crippen LogP) is 4.67. The summed E-state index contributed by atoms with van der Waals surface area (Å²) in [5.41, 5.74) is 1.27. The normalized spacial score (nSPS) is 11.4. The Hall–Kier alpha value is -1.75. The zero-order valence-corrected chi connectivity index (χ0v) is 11.4. The molecule has 0 saturated heterocycles. The number of anilines is 1. The Kier molecular flexibility index (Phi) is 4.18. The maximum absolute atomic E-state index is 12.7. The van der Waals surface area contributed by atoms with E-state index in [1.807, 2.05) is 19.1 Å². The first-order valence-corrected chi connectivity index (χ1v) is 6.27. The van der Waals surface area contributed by atoms with Gasteiger partial charge in [-0.1, -0.05) is 17.7 Å². The number of nitrogens with zero attached hydrogens (tertiary/aromatic N) is 1. The Morgan fingerprint density at radius 2 is 2.00 bits per heavy atom. The van der Waals surface area contributed by atoms with Gasteiger partial charge in [0.2, 0.25) is 0 Å². The van der Waals surface area contributed by atoms with Gasteiger partial charge in [0.05, 0.1) is 22.8 Å². The van der Waals surface area contributed by atoms with Crippen molar-refractivity contribution in [3.8, 4) is 0 Å². The van der Waals surface area contributed by atoms with E-state index in [4.69, 9.17) is 11.6 Å². The molecule has 2 rings (SSSR count). The summed E-state index contributed by atoms with van der Waals surface area (Å²) >= 11 is 5.56. The van der Waals surface area contributed by atoms with Crippen molar-refractivity contribution < 1.29 is 13.2 Å². The molecular formula is C14H12ClF3N2. The number of benzene rings is 1. The SMILES string of the molecule is Cc1cccnc1CNc1ccc(Cl)c(C(F)(F)F)c1.